The molecule has 162 valence electrons. The number of thiazole rings is 1. The summed E-state index contributed by atoms with van der Waals surface area (Å²) in [5.74, 6) is 0.231. The normalized spacial score (nSPS) is 13.5. The number of fused-ring (bicyclic) bond motifs is 1. The molecule has 0 aliphatic carbocycles. The molecule has 3 aromatic rings. The van der Waals surface area contributed by atoms with E-state index in [0.29, 0.717) is 16.6 Å². The van der Waals surface area contributed by atoms with E-state index in [1.165, 1.54) is 34.7 Å². The van der Waals surface area contributed by atoms with Crippen molar-refractivity contribution in [1.82, 2.24) is 4.98 Å². The zero-order chi connectivity index (χ0) is 22.3. The van der Waals surface area contributed by atoms with Crippen molar-refractivity contribution in [1.29, 1.82) is 0 Å². The van der Waals surface area contributed by atoms with Crippen LogP contribution in [0.1, 0.15) is 12.6 Å². The van der Waals surface area contributed by atoms with E-state index in [4.69, 9.17) is 27.9 Å². The number of halogens is 2. The zero-order valence-electron chi connectivity index (χ0n) is 16.5. The molecule has 1 N–H and O–H groups in total. The van der Waals surface area contributed by atoms with Gasteiger partial charge in [0.2, 0.25) is 5.91 Å². The first-order chi connectivity index (χ1) is 14.7. The summed E-state index contributed by atoms with van der Waals surface area (Å²) < 4.78 is 33.7. The Bertz CT molecular complexity index is 1290. The molecule has 11 heteroatoms. The fraction of sp³-hybridized carbons (Fsp3) is 0.200. The van der Waals surface area contributed by atoms with Crippen molar-refractivity contribution in [2.24, 2.45) is 0 Å². The molecule has 1 aliphatic heterocycles. The van der Waals surface area contributed by atoms with E-state index >= 15 is 0 Å². The molecule has 31 heavy (non-hydrogen) atoms. The molecule has 2 heterocycles. The second-order valence-corrected chi connectivity index (χ2v) is 10.4. The third-order valence-electron chi connectivity index (χ3n) is 4.61. The minimum absolute atomic E-state index is 0.0142. The number of carbonyl (C=O) groups is 1. The topological polar surface area (TPSA) is 88.6 Å². The molecule has 7 nitrogen and oxygen atoms in total. The maximum atomic E-state index is 13.3. The van der Waals surface area contributed by atoms with Crippen molar-refractivity contribution in [3.63, 3.8) is 0 Å². The zero-order valence-corrected chi connectivity index (χ0v) is 19.6. The van der Waals surface area contributed by atoms with Crippen LogP contribution in [0.3, 0.4) is 0 Å². The van der Waals surface area contributed by atoms with E-state index in [1.54, 1.807) is 24.3 Å². The standard InChI is InChI=1S/C20H17Cl2N3O4S2/c1-11-19(30-20(23-11)24-12(2)26)13-6-7-15-16(10-13)29-9-8-25(15)31(27,28)17-5-3-4-14(21)18(17)22/h3-7,10H,8-9H2,1-2H3,(H,23,24,26). The highest BCUT2D eigenvalue weighted by Gasteiger charge is 2.32. The number of nitrogens with one attached hydrogen (secondary N) is 1. The van der Waals surface area contributed by atoms with Crippen molar-refractivity contribution in [2.75, 3.05) is 22.8 Å². The van der Waals surface area contributed by atoms with Crippen molar-refractivity contribution in [2.45, 2.75) is 18.7 Å². The number of carbonyl (C=O) groups excluding carboxylic acids is 1. The molecule has 0 atom stereocenters. The number of nitrogens with zero attached hydrogens (tertiary/aromatic N) is 2. The van der Waals surface area contributed by atoms with Gasteiger partial charge in [0, 0.05) is 6.92 Å². The molecule has 4 rings (SSSR count). The van der Waals surface area contributed by atoms with Crippen molar-refractivity contribution >= 4 is 61.3 Å². The van der Waals surface area contributed by atoms with Crippen molar-refractivity contribution in [3.05, 3.63) is 52.1 Å². The van der Waals surface area contributed by atoms with Gasteiger partial charge in [0.05, 0.1) is 32.8 Å². The minimum Gasteiger partial charge on any atom is -0.489 e. The highest BCUT2D eigenvalue weighted by molar-refractivity contribution is 7.93. The van der Waals surface area contributed by atoms with E-state index in [-0.39, 0.29) is 34.0 Å². The van der Waals surface area contributed by atoms with E-state index in [2.05, 4.69) is 10.3 Å². The SMILES string of the molecule is CC(=O)Nc1nc(C)c(-c2ccc3c(c2)OCCN3S(=O)(=O)c2cccc(Cl)c2Cl)s1. The van der Waals surface area contributed by atoms with Crippen LogP contribution < -0.4 is 14.4 Å². The molecular formula is C20H17Cl2N3O4S2. The number of anilines is 2. The van der Waals surface area contributed by atoms with Gasteiger partial charge in [-0.15, -0.1) is 0 Å². The Hall–Kier alpha value is -2.33. The minimum atomic E-state index is -3.94. The number of ether oxygens (including phenoxy) is 1. The number of rotatable bonds is 4. The van der Waals surface area contributed by atoms with Gasteiger partial charge in [-0.1, -0.05) is 46.7 Å². The molecule has 0 unspecified atom stereocenters. The first-order valence-corrected chi connectivity index (χ1v) is 12.2. The first-order valence-electron chi connectivity index (χ1n) is 9.17. The van der Waals surface area contributed by atoms with Gasteiger partial charge in [-0.25, -0.2) is 13.4 Å². The second kappa shape index (κ2) is 8.31. The quantitative estimate of drug-likeness (QED) is 0.549. The summed E-state index contributed by atoms with van der Waals surface area (Å²) in [5.41, 5.74) is 1.97. The number of amides is 1. The average molecular weight is 498 g/mol. The molecule has 0 radical (unpaired) electrons. The van der Waals surface area contributed by atoms with E-state index < -0.39 is 10.0 Å². The van der Waals surface area contributed by atoms with E-state index in [9.17, 15) is 13.2 Å². The van der Waals surface area contributed by atoms with Crippen LogP contribution in [-0.4, -0.2) is 32.5 Å². The lowest BCUT2D eigenvalue weighted by molar-refractivity contribution is -0.114. The first kappa shape index (κ1) is 21.9. The van der Waals surface area contributed by atoms with Gasteiger partial charge in [0.1, 0.15) is 17.3 Å². The lowest BCUT2D eigenvalue weighted by Crippen LogP contribution is -2.38. The molecule has 0 bridgehead atoms. The Morgan fingerprint density at radius 1 is 1.26 bits per heavy atom. The summed E-state index contributed by atoms with van der Waals surface area (Å²) in [6.45, 7) is 3.59. The van der Waals surface area contributed by atoms with Gasteiger partial charge in [0.15, 0.2) is 5.13 Å². The van der Waals surface area contributed by atoms with Gasteiger partial charge in [-0.3, -0.25) is 9.10 Å². The van der Waals surface area contributed by atoms with Crippen molar-refractivity contribution in [3.8, 4) is 16.2 Å². The number of aromatic nitrogens is 1. The molecule has 0 saturated heterocycles. The summed E-state index contributed by atoms with van der Waals surface area (Å²) in [6.07, 6.45) is 0. The predicted molar refractivity (Wildman–Crippen MR) is 123 cm³/mol. The Kier molecular flexibility index (Phi) is 5.87. The van der Waals surface area contributed by atoms with Crippen LogP contribution in [0.15, 0.2) is 41.3 Å². The molecule has 0 saturated carbocycles. The van der Waals surface area contributed by atoms with Crippen LogP contribution in [-0.2, 0) is 14.8 Å². The van der Waals surface area contributed by atoms with Gasteiger partial charge < -0.3 is 10.1 Å². The summed E-state index contributed by atoms with van der Waals surface area (Å²) in [5, 5.41) is 3.33. The maximum Gasteiger partial charge on any atom is 0.266 e. The molecule has 0 spiro atoms. The van der Waals surface area contributed by atoms with Gasteiger partial charge in [-0.2, -0.15) is 0 Å². The number of hydrogen-bond donors (Lipinski definition) is 1. The second-order valence-electron chi connectivity index (χ2n) is 6.77. The fourth-order valence-corrected chi connectivity index (χ4v) is 6.46. The van der Waals surface area contributed by atoms with Crippen LogP contribution in [0, 0.1) is 6.92 Å². The summed E-state index contributed by atoms with van der Waals surface area (Å²) >= 11 is 13.5. The van der Waals surface area contributed by atoms with Gasteiger partial charge >= 0.3 is 0 Å². The Balaban J connectivity index is 1.74. The fourth-order valence-electron chi connectivity index (χ4n) is 3.26. The monoisotopic (exact) mass is 497 g/mol. The van der Waals surface area contributed by atoms with Crippen LogP contribution in [0.2, 0.25) is 10.0 Å². The van der Waals surface area contributed by atoms with Crippen LogP contribution in [0.5, 0.6) is 5.75 Å². The molecule has 0 fully saturated rings. The largest absolute Gasteiger partial charge is 0.489 e. The molecular weight excluding hydrogens is 481 g/mol. The number of benzene rings is 2. The Labute approximate surface area is 193 Å². The smallest absolute Gasteiger partial charge is 0.266 e. The highest BCUT2D eigenvalue weighted by Crippen LogP contribution is 2.42. The van der Waals surface area contributed by atoms with Crippen LogP contribution in [0.4, 0.5) is 10.8 Å². The lowest BCUT2D eigenvalue weighted by atomic mass is 10.1. The summed E-state index contributed by atoms with van der Waals surface area (Å²) in [4.78, 5) is 16.5. The lowest BCUT2D eigenvalue weighted by Gasteiger charge is -2.31. The molecule has 1 aromatic heterocycles. The van der Waals surface area contributed by atoms with Crippen molar-refractivity contribution < 1.29 is 17.9 Å². The van der Waals surface area contributed by atoms with E-state index in [0.717, 1.165) is 16.1 Å². The number of hydrogen-bond acceptors (Lipinski definition) is 6. The average Bonchev–Trinajstić information content (AvgIpc) is 3.08. The third kappa shape index (κ3) is 4.10. The summed E-state index contributed by atoms with van der Waals surface area (Å²) in [6, 6.07) is 9.77. The number of aryl methyl sites for hydroxylation is 1. The number of sulfonamides is 1. The third-order valence-corrected chi connectivity index (χ3v) is 8.51. The maximum absolute atomic E-state index is 13.3. The van der Waals surface area contributed by atoms with Crippen LogP contribution >= 0.6 is 34.5 Å². The summed E-state index contributed by atoms with van der Waals surface area (Å²) in [7, 11) is -3.94. The molecule has 1 amide bonds. The Morgan fingerprint density at radius 3 is 2.77 bits per heavy atom. The van der Waals surface area contributed by atoms with E-state index in [1.807, 2.05) is 6.92 Å². The molecule has 1 aliphatic rings. The van der Waals surface area contributed by atoms with Gasteiger partial charge in [-0.05, 0) is 36.8 Å². The Morgan fingerprint density at radius 2 is 2.03 bits per heavy atom. The molecule has 2 aromatic carbocycles. The highest BCUT2D eigenvalue weighted by atomic mass is 35.5. The van der Waals surface area contributed by atoms with Crippen LogP contribution in [0.25, 0.3) is 10.4 Å². The predicted octanol–water partition coefficient (Wildman–Crippen LogP) is 4.97. The van der Waals surface area contributed by atoms with Gasteiger partial charge in [0.25, 0.3) is 10.0 Å².